The Kier molecular flexibility index (Phi) is 3.93. The zero-order valence-electron chi connectivity index (χ0n) is 9.95. The Hall–Kier alpha value is -0.120. The van der Waals surface area contributed by atoms with E-state index in [0.29, 0.717) is 6.04 Å². The lowest BCUT2D eigenvalue weighted by Crippen LogP contribution is -2.52. The van der Waals surface area contributed by atoms with Crippen LogP contribution in [0.1, 0.15) is 27.2 Å². The first-order chi connectivity index (χ1) is 6.45. The monoisotopic (exact) mass is 200 g/mol. The fourth-order valence-electron chi connectivity index (χ4n) is 2.28. The molecule has 1 atom stereocenters. The number of nitrogens with zero attached hydrogens (tertiary/aromatic N) is 2. The van der Waals surface area contributed by atoms with Crippen molar-refractivity contribution < 1.29 is 5.11 Å². The maximum atomic E-state index is 9.40. The van der Waals surface area contributed by atoms with Crippen LogP contribution < -0.4 is 0 Å². The number of hydrogen-bond acceptors (Lipinski definition) is 3. The van der Waals surface area contributed by atoms with Crippen molar-refractivity contribution in [3.63, 3.8) is 0 Å². The van der Waals surface area contributed by atoms with Gasteiger partial charge in [0.15, 0.2) is 0 Å². The van der Waals surface area contributed by atoms with E-state index in [2.05, 4.69) is 37.6 Å². The van der Waals surface area contributed by atoms with E-state index < -0.39 is 0 Å². The fraction of sp³-hybridized carbons (Fsp3) is 1.00. The third-order valence-electron chi connectivity index (χ3n) is 2.97. The molecule has 3 nitrogen and oxygen atoms in total. The second-order valence-corrected chi connectivity index (χ2v) is 5.32. The van der Waals surface area contributed by atoms with Crippen LogP contribution in [0, 0.1) is 0 Å². The van der Waals surface area contributed by atoms with E-state index in [1.165, 1.54) is 6.42 Å². The Bertz CT molecular complexity index is 177. The van der Waals surface area contributed by atoms with Crippen molar-refractivity contribution in [1.29, 1.82) is 0 Å². The summed E-state index contributed by atoms with van der Waals surface area (Å²) in [6.45, 7) is 10.2. The van der Waals surface area contributed by atoms with Crippen LogP contribution in [0.2, 0.25) is 0 Å². The van der Waals surface area contributed by atoms with Crippen LogP contribution in [0.3, 0.4) is 0 Å². The van der Waals surface area contributed by atoms with Crippen LogP contribution in [0.25, 0.3) is 0 Å². The highest BCUT2D eigenvalue weighted by Crippen LogP contribution is 2.20. The summed E-state index contributed by atoms with van der Waals surface area (Å²) in [5, 5.41) is 9.40. The summed E-state index contributed by atoms with van der Waals surface area (Å²) in [7, 11) is 2.13. The molecule has 1 saturated heterocycles. The van der Waals surface area contributed by atoms with Gasteiger partial charge in [0, 0.05) is 24.7 Å². The zero-order valence-corrected chi connectivity index (χ0v) is 9.95. The maximum absolute atomic E-state index is 9.40. The summed E-state index contributed by atoms with van der Waals surface area (Å²) in [5.74, 6) is 0. The lowest BCUT2D eigenvalue weighted by atomic mass is 10.0. The van der Waals surface area contributed by atoms with Crippen LogP contribution >= 0.6 is 0 Å². The van der Waals surface area contributed by atoms with Gasteiger partial charge in [0.1, 0.15) is 0 Å². The van der Waals surface area contributed by atoms with Crippen molar-refractivity contribution in [2.75, 3.05) is 33.3 Å². The minimum absolute atomic E-state index is 0.165. The van der Waals surface area contributed by atoms with Crippen molar-refractivity contribution in [3.8, 4) is 0 Å². The van der Waals surface area contributed by atoms with Gasteiger partial charge in [-0.05, 0) is 40.8 Å². The first-order valence-electron chi connectivity index (χ1n) is 5.51. The molecule has 0 bridgehead atoms. The van der Waals surface area contributed by atoms with Crippen LogP contribution in [-0.2, 0) is 0 Å². The van der Waals surface area contributed by atoms with Gasteiger partial charge in [-0.25, -0.2) is 0 Å². The third kappa shape index (κ3) is 2.94. The molecule has 1 fully saturated rings. The molecule has 0 aromatic heterocycles. The molecular weight excluding hydrogens is 176 g/mol. The van der Waals surface area contributed by atoms with E-state index in [1.54, 1.807) is 0 Å². The summed E-state index contributed by atoms with van der Waals surface area (Å²) in [6.07, 6.45) is 1.20. The number of likely N-dealkylation sites (N-methyl/N-ethyl adjacent to an activating group) is 1. The van der Waals surface area contributed by atoms with Gasteiger partial charge in [-0.15, -0.1) is 0 Å². The molecule has 1 rings (SSSR count). The minimum Gasteiger partial charge on any atom is -0.395 e. The van der Waals surface area contributed by atoms with Crippen LogP contribution in [0.5, 0.6) is 0 Å². The van der Waals surface area contributed by atoms with Crippen molar-refractivity contribution >= 4 is 0 Å². The molecule has 1 N–H and O–H groups in total. The summed E-state index contributed by atoms with van der Waals surface area (Å²) in [6, 6.07) is 0.294. The quantitative estimate of drug-likeness (QED) is 0.678. The Labute approximate surface area is 87.7 Å². The number of rotatable bonds is 1. The molecule has 84 valence electrons. The molecule has 1 aliphatic heterocycles. The van der Waals surface area contributed by atoms with Gasteiger partial charge in [-0.2, -0.15) is 0 Å². The average Bonchev–Trinajstić information content (AvgIpc) is 2.25. The molecule has 0 aromatic rings. The SMILES string of the molecule is CN1CCCN(C(C)(C)C)C(CO)C1. The van der Waals surface area contributed by atoms with E-state index in [-0.39, 0.29) is 12.1 Å². The molecule has 0 aliphatic carbocycles. The Balaban J connectivity index is 2.71. The molecule has 0 radical (unpaired) electrons. The molecule has 0 spiro atoms. The minimum atomic E-state index is 0.165. The molecule has 0 amide bonds. The summed E-state index contributed by atoms with van der Waals surface area (Å²) in [5.41, 5.74) is 0.165. The Morgan fingerprint density at radius 2 is 1.93 bits per heavy atom. The van der Waals surface area contributed by atoms with E-state index in [1.807, 2.05) is 0 Å². The average molecular weight is 200 g/mol. The van der Waals surface area contributed by atoms with E-state index in [9.17, 15) is 5.11 Å². The second kappa shape index (κ2) is 4.60. The van der Waals surface area contributed by atoms with Gasteiger partial charge >= 0.3 is 0 Å². The Morgan fingerprint density at radius 3 is 2.43 bits per heavy atom. The molecule has 14 heavy (non-hydrogen) atoms. The summed E-state index contributed by atoms with van der Waals surface area (Å²) in [4.78, 5) is 4.74. The second-order valence-electron chi connectivity index (χ2n) is 5.32. The Morgan fingerprint density at radius 1 is 1.29 bits per heavy atom. The van der Waals surface area contributed by atoms with Gasteiger partial charge in [-0.3, -0.25) is 4.90 Å². The summed E-state index contributed by atoms with van der Waals surface area (Å²) < 4.78 is 0. The van der Waals surface area contributed by atoms with Crippen LogP contribution in [0.15, 0.2) is 0 Å². The molecule has 0 saturated carbocycles. The molecule has 3 heteroatoms. The van der Waals surface area contributed by atoms with Gasteiger partial charge in [0.05, 0.1) is 6.61 Å². The first kappa shape index (κ1) is 12.0. The zero-order chi connectivity index (χ0) is 10.8. The van der Waals surface area contributed by atoms with Crippen molar-refractivity contribution in [1.82, 2.24) is 9.80 Å². The van der Waals surface area contributed by atoms with E-state index in [4.69, 9.17) is 0 Å². The summed E-state index contributed by atoms with van der Waals surface area (Å²) >= 11 is 0. The van der Waals surface area contributed by atoms with Gasteiger partial charge in [0.25, 0.3) is 0 Å². The highest BCUT2D eigenvalue weighted by atomic mass is 16.3. The lowest BCUT2D eigenvalue weighted by Gasteiger charge is -2.40. The van der Waals surface area contributed by atoms with Gasteiger partial charge in [0.2, 0.25) is 0 Å². The molecule has 1 heterocycles. The normalized spacial score (nSPS) is 27.6. The fourth-order valence-corrected chi connectivity index (χ4v) is 2.28. The largest absolute Gasteiger partial charge is 0.395 e. The van der Waals surface area contributed by atoms with Gasteiger partial charge < -0.3 is 10.0 Å². The highest BCUT2D eigenvalue weighted by molar-refractivity contribution is 4.86. The van der Waals surface area contributed by atoms with Gasteiger partial charge in [-0.1, -0.05) is 0 Å². The van der Waals surface area contributed by atoms with Crippen molar-refractivity contribution in [2.45, 2.75) is 38.8 Å². The van der Waals surface area contributed by atoms with Crippen LogP contribution in [-0.4, -0.2) is 59.8 Å². The molecule has 0 aromatic carbocycles. The number of hydrogen-bond donors (Lipinski definition) is 1. The smallest absolute Gasteiger partial charge is 0.0599 e. The first-order valence-corrected chi connectivity index (χ1v) is 5.51. The number of aliphatic hydroxyl groups is 1. The standard InChI is InChI=1S/C11H24N2O/c1-11(2,3)13-7-5-6-12(4)8-10(13)9-14/h10,14H,5-9H2,1-4H3. The van der Waals surface area contributed by atoms with Crippen LogP contribution in [0.4, 0.5) is 0 Å². The highest BCUT2D eigenvalue weighted by Gasteiger charge is 2.30. The van der Waals surface area contributed by atoms with E-state index in [0.717, 1.165) is 19.6 Å². The van der Waals surface area contributed by atoms with E-state index >= 15 is 0 Å². The number of aliphatic hydroxyl groups excluding tert-OH is 1. The third-order valence-corrected chi connectivity index (χ3v) is 2.97. The van der Waals surface area contributed by atoms with Crippen molar-refractivity contribution in [2.24, 2.45) is 0 Å². The predicted molar refractivity (Wildman–Crippen MR) is 59.4 cm³/mol. The molecule has 1 unspecified atom stereocenters. The lowest BCUT2D eigenvalue weighted by molar-refractivity contribution is 0.0465. The molecule has 1 aliphatic rings. The molecular formula is C11H24N2O. The predicted octanol–water partition coefficient (Wildman–Crippen LogP) is 0.783. The van der Waals surface area contributed by atoms with Crippen molar-refractivity contribution in [3.05, 3.63) is 0 Å². The maximum Gasteiger partial charge on any atom is 0.0599 e. The topological polar surface area (TPSA) is 26.7 Å².